The molecule has 1 aliphatic heterocycles. The molecule has 0 bridgehead atoms. The number of anilines is 2. The van der Waals surface area contributed by atoms with E-state index in [1.165, 1.54) is 16.7 Å². The molecule has 0 saturated carbocycles. The molecule has 3 aromatic carbocycles. The quantitative estimate of drug-likeness (QED) is 0.412. The molecule has 34 heavy (non-hydrogen) atoms. The lowest BCUT2D eigenvalue weighted by molar-refractivity contribution is 0.189. The number of benzene rings is 3. The van der Waals surface area contributed by atoms with Crippen molar-refractivity contribution in [2.24, 2.45) is 0 Å². The third-order valence-electron chi connectivity index (χ3n) is 6.49. The summed E-state index contributed by atoms with van der Waals surface area (Å²) in [5, 5.41) is 0. The second-order valence-electron chi connectivity index (χ2n) is 9.19. The van der Waals surface area contributed by atoms with Gasteiger partial charge in [0.1, 0.15) is 0 Å². The third-order valence-corrected chi connectivity index (χ3v) is 6.49. The largest absolute Gasteiger partial charge is 0.298 e. The topological polar surface area (TPSA) is 41.4 Å². The molecule has 172 valence electrons. The maximum absolute atomic E-state index is 13.8. The number of aryl methyl sites for hydroxylation is 3. The predicted octanol–water partition coefficient (Wildman–Crippen LogP) is 5.33. The van der Waals surface area contributed by atoms with Crippen LogP contribution in [0.1, 0.15) is 33.5 Å². The Morgan fingerprint density at radius 1 is 0.824 bits per heavy atom. The van der Waals surface area contributed by atoms with Crippen LogP contribution >= 0.6 is 0 Å². The van der Waals surface area contributed by atoms with E-state index < -0.39 is 0 Å². The van der Waals surface area contributed by atoms with Crippen LogP contribution in [-0.2, 0) is 19.6 Å². The number of aromatic nitrogens is 2. The van der Waals surface area contributed by atoms with Crippen LogP contribution in [0, 0.1) is 20.8 Å². The second-order valence-corrected chi connectivity index (χ2v) is 9.19. The van der Waals surface area contributed by atoms with Gasteiger partial charge in [0.15, 0.2) is 0 Å². The minimum absolute atomic E-state index is 0.0406. The zero-order chi connectivity index (χ0) is 23.7. The van der Waals surface area contributed by atoms with Crippen LogP contribution in [0.3, 0.4) is 0 Å². The molecule has 1 aliphatic rings. The average Bonchev–Trinajstić information content (AvgIpc) is 2.83. The highest BCUT2D eigenvalue weighted by molar-refractivity contribution is 5.63. The fraction of sp³-hybridized carbons (Fsp3) is 0.241. The molecule has 0 aliphatic carbocycles. The van der Waals surface area contributed by atoms with E-state index >= 15 is 0 Å². The van der Waals surface area contributed by atoms with Gasteiger partial charge in [0.05, 0.1) is 19.0 Å². The van der Waals surface area contributed by atoms with Gasteiger partial charge in [-0.1, -0.05) is 78.4 Å². The van der Waals surface area contributed by atoms with Crippen molar-refractivity contribution in [3.63, 3.8) is 0 Å². The van der Waals surface area contributed by atoms with Gasteiger partial charge in [0.2, 0.25) is 5.95 Å². The first-order chi connectivity index (χ1) is 16.5. The van der Waals surface area contributed by atoms with Crippen LogP contribution in [-0.4, -0.2) is 21.1 Å². The summed E-state index contributed by atoms with van der Waals surface area (Å²) in [6, 6.07) is 27.0. The lowest BCUT2D eigenvalue weighted by atomic mass is 10.0. The molecule has 4 aromatic rings. The monoisotopic (exact) mass is 450 g/mol. The highest BCUT2D eigenvalue weighted by atomic mass is 16.1. The molecule has 0 radical (unpaired) electrons. The Morgan fingerprint density at radius 2 is 1.50 bits per heavy atom. The molecule has 1 aromatic heterocycles. The summed E-state index contributed by atoms with van der Waals surface area (Å²) in [6.07, 6.45) is 0.584. The summed E-state index contributed by atoms with van der Waals surface area (Å²) in [5.74, 6) is 0.718. The molecule has 0 N–H and O–H groups in total. The average molecular weight is 451 g/mol. The van der Waals surface area contributed by atoms with Gasteiger partial charge in [-0.2, -0.15) is 0 Å². The van der Waals surface area contributed by atoms with Gasteiger partial charge in [0.25, 0.3) is 5.56 Å². The van der Waals surface area contributed by atoms with Gasteiger partial charge >= 0.3 is 0 Å². The number of fused-ring (bicyclic) bond motifs is 1. The van der Waals surface area contributed by atoms with E-state index in [4.69, 9.17) is 4.98 Å². The lowest BCUT2D eigenvalue weighted by Crippen LogP contribution is -2.47. The van der Waals surface area contributed by atoms with Gasteiger partial charge in [0, 0.05) is 24.2 Å². The van der Waals surface area contributed by atoms with Crippen LogP contribution < -0.4 is 10.5 Å². The Labute approximate surface area is 200 Å². The highest BCUT2D eigenvalue weighted by Crippen LogP contribution is 2.31. The molecule has 5 rings (SSSR count). The summed E-state index contributed by atoms with van der Waals surface area (Å²) in [6.45, 7) is 8.12. The minimum Gasteiger partial charge on any atom is -0.298 e. The van der Waals surface area contributed by atoms with Crippen molar-refractivity contribution in [3.8, 4) is 0 Å². The van der Waals surface area contributed by atoms with Crippen molar-refractivity contribution in [2.75, 3.05) is 11.6 Å². The molecule has 5 heteroatoms. The second kappa shape index (κ2) is 9.27. The molecule has 0 amide bonds. The molecule has 0 fully saturated rings. The lowest BCUT2D eigenvalue weighted by Gasteiger charge is -2.39. The van der Waals surface area contributed by atoms with Crippen molar-refractivity contribution < 1.29 is 0 Å². The van der Waals surface area contributed by atoms with Crippen molar-refractivity contribution >= 4 is 11.6 Å². The first-order valence-electron chi connectivity index (χ1n) is 11.7. The first kappa shape index (κ1) is 22.1. The summed E-state index contributed by atoms with van der Waals surface area (Å²) < 4.78 is 1.84. The van der Waals surface area contributed by atoms with E-state index in [1.807, 2.05) is 35.8 Å². The SMILES string of the molecule is Cc1ccc(N2CN(Cc3ccccc3)Cn3c2nc(C)c(Cc2ccccc2)c3=O)c(C)c1. The summed E-state index contributed by atoms with van der Waals surface area (Å²) in [7, 11) is 0. The smallest absolute Gasteiger partial charge is 0.259 e. The molecular formula is C29H30N4O. The standard InChI is InChI=1S/C29H30N4O/c1-21-14-15-27(22(2)16-21)32-19-31(18-25-12-8-5-9-13-25)20-33-28(34)26(23(3)30-29(32)33)17-24-10-6-4-7-11-24/h4-16H,17-20H2,1-3H3. The Morgan fingerprint density at radius 3 is 2.18 bits per heavy atom. The number of rotatable bonds is 5. The Balaban J connectivity index is 1.60. The molecular weight excluding hydrogens is 420 g/mol. The molecule has 0 spiro atoms. The van der Waals surface area contributed by atoms with Gasteiger partial charge in [-0.15, -0.1) is 0 Å². The van der Waals surface area contributed by atoms with Crippen molar-refractivity contribution in [1.29, 1.82) is 0 Å². The molecule has 2 heterocycles. The van der Waals surface area contributed by atoms with E-state index in [9.17, 15) is 4.79 Å². The maximum Gasteiger partial charge on any atom is 0.259 e. The minimum atomic E-state index is 0.0406. The van der Waals surface area contributed by atoms with E-state index in [0.717, 1.165) is 35.0 Å². The van der Waals surface area contributed by atoms with Crippen molar-refractivity contribution in [2.45, 2.75) is 40.4 Å². The van der Waals surface area contributed by atoms with Crippen LogP contribution in [0.4, 0.5) is 11.6 Å². The number of nitrogens with zero attached hydrogens (tertiary/aromatic N) is 4. The van der Waals surface area contributed by atoms with Crippen LogP contribution in [0.2, 0.25) is 0 Å². The van der Waals surface area contributed by atoms with Gasteiger partial charge in [-0.05, 0) is 43.5 Å². The van der Waals surface area contributed by atoms with E-state index in [-0.39, 0.29) is 5.56 Å². The summed E-state index contributed by atoms with van der Waals surface area (Å²) >= 11 is 0. The number of hydrogen-bond donors (Lipinski definition) is 0. The van der Waals surface area contributed by atoms with Crippen LogP contribution in [0.15, 0.2) is 83.7 Å². The van der Waals surface area contributed by atoms with E-state index in [1.54, 1.807) is 0 Å². The van der Waals surface area contributed by atoms with E-state index in [0.29, 0.717) is 19.8 Å². The zero-order valence-corrected chi connectivity index (χ0v) is 20.0. The zero-order valence-electron chi connectivity index (χ0n) is 20.0. The molecule has 0 saturated heterocycles. The Kier molecular flexibility index (Phi) is 6.03. The number of hydrogen-bond acceptors (Lipinski definition) is 4. The fourth-order valence-electron chi connectivity index (χ4n) is 4.77. The Hall–Kier alpha value is -3.70. The summed E-state index contributed by atoms with van der Waals surface area (Å²) in [5.41, 5.74) is 7.42. The predicted molar refractivity (Wildman–Crippen MR) is 137 cm³/mol. The highest BCUT2D eigenvalue weighted by Gasteiger charge is 2.28. The third kappa shape index (κ3) is 4.39. The van der Waals surface area contributed by atoms with Crippen LogP contribution in [0.25, 0.3) is 0 Å². The maximum atomic E-state index is 13.8. The molecule has 5 nitrogen and oxygen atoms in total. The Bertz CT molecular complexity index is 1360. The normalized spacial score (nSPS) is 13.7. The summed E-state index contributed by atoms with van der Waals surface area (Å²) in [4.78, 5) is 23.3. The molecule has 0 unspecified atom stereocenters. The van der Waals surface area contributed by atoms with Gasteiger partial charge < -0.3 is 0 Å². The van der Waals surface area contributed by atoms with E-state index in [2.05, 4.69) is 78.2 Å². The fourth-order valence-corrected chi connectivity index (χ4v) is 4.77. The first-order valence-corrected chi connectivity index (χ1v) is 11.7. The van der Waals surface area contributed by atoms with Crippen molar-refractivity contribution in [1.82, 2.24) is 14.5 Å². The molecule has 0 atom stereocenters. The van der Waals surface area contributed by atoms with Gasteiger partial charge in [-0.3, -0.25) is 19.2 Å². The van der Waals surface area contributed by atoms with Crippen molar-refractivity contribution in [3.05, 3.63) is 123 Å². The van der Waals surface area contributed by atoms with Crippen LogP contribution in [0.5, 0.6) is 0 Å². The van der Waals surface area contributed by atoms with Gasteiger partial charge in [-0.25, -0.2) is 4.98 Å².